The highest BCUT2D eigenvalue weighted by Gasteiger charge is 2.16. The minimum atomic E-state index is -0.881. The molecule has 21 heavy (non-hydrogen) atoms. The standard InChI is InChI=1S/C12H16N4O5/c1-7(2-3-10(17)18)5-14-12-9(11(13)19)4-8(6-15-12)16(20)21/h4,6-7H,2-3,5H2,1H3,(H2,13,19)(H,14,15)(H,17,18). The van der Waals surface area contributed by atoms with E-state index >= 15 is 0 Å². The smallest absolute Gasteiger partial charge is 0.303 e. The lowest BCUT2D eigenvalue weighted by molar-refractivity contribution is -0.385. The number of aromatic nitrogens is 1. The lowest BCUT2D eigenvalue weighted by Crippen LogP contribution is -2.19. The van der Waals surface area contributed by atoms with Crippen LogP contribution in [-0.2, 0) is 4.79 Å². The van der Waals surface area contributed by atoms with Crippen LogP contribution in [0.1, 0.15) is 30.1 Å². The summed E-state index contributed by atoms with van der Waals surface area (Å²) in [4.78, 5) is 35.6. The second-order valence-corrected chi connectivity index (χ2v) is 4.63. The van der Waals surface area contributed by atoms with E-state index in [1.54, 1.807) is 0 Å². The number of hydrogen-bond acceptors (Lipinski definition) is 6. The van der Waals surface area contributed by atoms with Crippen molar-refractivity contribution in [3.8, 4) is 0 Å². The molecule has 0 aliphatic rings. The van der Waals surface area contributed by atoms with Crippen molar-refractivity contribution in [1.29, 1.82) is 0 Å². The van der Waals surface area contributed by atoms with Crippen LogP contribution in [0.3, 0.4) is 0 Å². The summed E-state index contributed by atoms with van der Waals surface area (Å²) < 4.78 is 0. The Morgan fingerprint density at radius 1 is 1.57 bits per heavy atom. The molecule has 114 valence electrons. The number of carboxylic acids is 1. The van der Waals surface area contributed by atoms with Gasteiger partial charge in [0, 0.05) is 19.0 Å². The molecule has 1 aromatic rings. The van der Waals surface area contributed by atoms with Gasteiger partial charge in [-0.15, -0.1) is 0 Å². The molecule has 0 spiro atoms. The van der Waals surface area contributed by atoms with Gasteiger partial charge in [-0.3, -0.25) is 19.7 Å². The third-order valence-corrected chi connectivity index (χ3v) is 2.82. The van der Waals surface area contributed by atoms with Crippen molar-refractivity contribution in [2.75, 3.05) is 11.9 Å². The lowest BCUT2D eigenvalue weighted by Gasteiger charge is -2.13. The number of pyridine rings is 1. The van der Waals surface area contributed by atoms with Crippen LogP contribution in [0.25, 0.3) is 0 Å². The number of rotatable bonds is 8. The van der Waals surface area contributed by atoms with Crippen molar-refractivity contribution in [3.63, 3.8) is 0 Å². The van der Waals surface area contributed by atoms with E-state index in [1.165, 1.54) is 0 Å². The highest BCUT2D eigenvalue weighted by Crippen LogP contribution is 2.19. The maximum atomic E-state index is 11.3. The van der Waals surface area contributed by atoms with Crippen LogP contribution in [0, 0.1) is 16.0 Å². The first kappa shape index (κ1) is 16.3. The van der Waals surface area contributed by atoms with Crippen LogP contribution in [0.4, 0.5) is 11.5 Å². The summed E-state index contributed by atoms with van der Waals surface area (Å²) >= 11 is 0. The molecule has 0 saturated heterocycles. The number of aliphatic carboxylic acids is 1. The van der Waals surface area contributed by atoms with Crippen molar-refractivity contribution >= 4 is 23.4 Å². The fourth-order valence-electron chi connectivity index (χ4n) is 1.63. The molecule has 1 atom stereocenters. The third kappa shape index (κ3) is 5.05. The van der Waals surface area contributed by atoms with E-state index in [4.69, 9.17) is 10.8 Å². The summed E-state index contributed by atoms with van der Waals surface area (Å²) in [5, 5.41) is 22.1. The topological polar surface area (TPSA) is 148 Å². The molecule has 0 radical (unpaired) electrons. The van der Waals surface area contributed by atoms with Gasteiger partial charge in [0.05, 0.1) is 10.5 Å². The maximum absolute atomic E-state index is 11.3. The summed E-state index contributed by atoms with van der Waals surface area (Å²) in [6.07, 6.45) is 1.52. The van der Waals surface area contributed by atoms with Gasteiger partial charge in [-0.25, -0.2) is 4.98 Å². The van der Waals surface area contributed by atoms with Gasteiger partial charge in [0.25, 0.3) is 11.6 Å². The van der Waals surface area contributed by atoms with Crippen LogP contribution in [0.15, 0.2) is 12.3 Å². The van der Waals surface area contributed by atoms with Gasteiger partial charge in [-0.1, -0.05) is 6.92 Å². The molecule has 1 aromatic heterocycles. The zero-order valence-electron chi connectivity index (χ0n) is 11.4. The largest absolute Gasteiger partial charge is 0.481 e. The first-order valence-electron chi connectivity index (χ1n) is 6.21. The van der Waals surface area contributed by atoms with E-state index in [0.29, 0.717) is 13.0 Å². The molecule has 1 rings (SSSR count). The molecule has 9 heteroatoms. The van der Waals surface area contributed by atoms with Crippen molar-refractivity contribution in [1.82, 2.24) is 4.98 Å². The number of amides is 1. The molecular weight excluding hydrogens is 280 g/mol. The van der Waals surface area contributed by atoms with Crippen molar-refractivity contribution in [2.24, 2.45) is 11.7 Å². The highest BCUT2D eigenvalue weighted by molar-refractivity contribution is 5.98. The van der Waals surface area contributed by atoms with Crippen LogP contribution < -0.4 is 11.1 Å². The summed E-state index contributed by atoms with van der Waals surface area (Å²) in [5.41, 5.74) is 4.77. The Morgan fingerprint density at radius 3 is 2.76 bits per heavy atom. The quantitative estimate of drug-likeness (QED) is 0.478. The number of carbonyl (C=O) groups is 2. The van der Waals surface area contributed by atoms with Crippen LogP contribution in [0.2, 0.25) is 0 Å². The maximum Gasteiger partial charge on any atom is 0.303 e. The zero-order valence-corrected chi connectivity index (χ0v) is 11.4. The van der Waals surface area contributed by atoms with Crippen molar-refractivity contribution in [3.05, 3.63) is 27.9 Å². The fourth-order valence-corrected chi connectivity index (χ4v) is 1.63. The molecule has 0 saturated carbocycles. The molecule has 0 aliphatic carbocycles. The minimum absolute atomic E-state index is 0.0267. The number of hydrogen-bond donors (Lipinski definition) is 3. The van der Waals surface area contributed by atoms with Gasteiger partial charge in [-0.05, 0) is 12.3 Å². The molecule has 1 unspecified atom stereocenters. The minimum Gasteiger partial charge on any atom is -0.481 e. The summed E-state index contributed by atoms with van der Waals surface area (Å²) in [6, 6.07) is 1.06. The lowest BCUT2D eigenvalue weighted by atomic mass is 10.1. The predicted molar refractivity (Wildman–Crippen MR) is 73.9 cm³/mol. The SMILES string of the molecule is CC(CCC(=O)O)CNc1ncc([N+](=O)[O-])cc1C(N)=O. The van der Waals surface area contributed by atoms with E-state index in [9.17, 15) is 19.7 Å². The number of nitrogens with one attached hydrogen (secondary N) is 1. The summed E-state index contributed by atoms with van der Waals surface area (Å²) in [6.45, 7) is 2.21. The first-order valence-corrected chi connectivity index (χ1v) is 6.21. The number of nitro groups is 1. The second kappa shape index (κ2) is 7.17. The van der Waals surface area contributed by atoms with Gasteiger partial charge in [-0.2, -0.15) is 0 Å². The number of nitrogens with zero attached hydrogens (tertiary/aromatic N) is 2. The molecule has 1 heterocycles. The average molecular weight is 296 g/mol. The van der Waals surface area contributed by atoms with Crippen LogP contribution >= 0.6 is 0 Å². The Morgan fingerprint density at radius 2 is 2.24 bits per heavy atom. The average Bonchev–Trinajstić information content (AvgIpc) is 2.42. The van der Waals surface area contributed by atoms with E-state index in [2.05, 4.69) is 10.3 Å². The number of nitrogens with two attached hydrogens (primary N) is 1. The molecule has 1 amide bonds. The zero-order chi connectivity index (χ0) is 16.0. The summed E-state index contributed by atoms with van der Waals surface area (Å²) in [7, 11) is 0. The van der Waals surface area contributed by atoms with Crippen LogP contribution in [-0.4, -0.2) is 33.4 Å². The number of carbonyl (C=O) groups excluding carboxylic acids is 1. The molecule has 0 aliphatic heterocycles. The number of carboxylic acid groups (broad SMARTS) is 1. The van der Waals surface area contributed by atoms with E-state index < -0.39 is 16.8 Å². The Bertz CT molecular complexity index is 561. The van der Waals surface area contributed by atoms with Crippen molar-refractivity contribution in [2.45, 2.75) is 19.8 Å². The fraction of sp³-hybridized carbons (Fsp3) is 0.417. The predicted octanol–water partition coefficient (Wildman–Crippen LogP) is 1.00. The Kier molecular flexibility index (Phi) is 5.58. The van der Waals surface area contributed by atoms with Gasteiger partial charge < -0.3 is 16.2 Å². The monoisotopic (exact) mass is 296 g/mol. The molecule has 0 fully saturated rings. The van der Waals surface area contributed by atoms with E-state index in [-0.39, 0.29) is 29.4 Å². The van der Waals surface area contributed by atoms with Gasteiger partial charge in [0.15, 0.2) is 0 Å². The Hall–Kier alpha value is -2.71. The van der Waals surface area contributed by atoms with E-state index in [0.717, 1.165) is 12.3 Å². The number of anilines is 1. The first-order chi connectivity index (χ1) is 9.81. The van der Waals surface area contributed by atoms with E-state index in [1.807, 2.05) is 6.92 Å². The summed E-state index contributed by atoms with van der Waals surface area (Å²) in [5.74, 6) is -1.53. The molecular formula is C12H16N4O5. The Balaban J connectivity index is 2.76. The van der Waals surface area contributed by atoms with Gasteiger partial charge in [0.2, 0.25) is 0 Å². The van der Waals surface area contributed by atoms with Crippen LogP contribution in [0.5, 0.6) is 0 Å². The third-order valence-electron chi connectivity index (χ3n) is 2.82. The molecule has 9 nitrogen and oxygen atoms in total. The molecule has 0 aromatic carbocycles. The molecule has 0 bridgehead atoms. The number of primary amides is 1. The Labute approximate surface area is 120 Å². The second-order valence-electron chi connectivity index (χ2n) is 4.63. The van der Waals surface area contributed by atoms with Crippen molar-refractivity contribution < 1.29 is 19.6 Å². The van der Waals surface area contributed by atoms with Gasteiger partial charge >= 0.3 is 5.97 Å². The van der Waals surface area contributed by atoms with Gasteiger partial charge in [0.1, 0.15) is 12.0 Å². The normalized spacial score (nSPS) is 11.7. The highest BCUT2D eigenvalue weighted by atomic mass is 16.6. The molecule has 4 N–H and O–H groups in total.